The average molecular weight is 556 g/mol. The van der Waals surface area contributed by atoms with Crippen LogP contribution in [0.4, 0.5) is 11.4 Å². The van der Waals surface area contributed by atoms with Crippen LogP contribution in [0.1, 0.15) is 23.2 Å². The molecule has 3 heterocycles. The minimum absolute atomic E-state index is 0.0313. The summed E-state index contributed by atoms with van der Waals surface area (Å²) in [5, 5.41) is 6.03. The molecule has 1 aromatic heterocycles. The lowest BCUT2D eigenvalue weighted by Crippen LogP contribution is -2.44. The molecule has 3 aromatic carbocycles. The Labute approximate surface area is 235 Å². The van der Waals surface area contributed by atoms with E-state index in [0.717, 1.165) is 31.5 Å². The second-order valence-corrected chi connectivity index (χ2v) is 10.0. The lowest BCUT2D eigenvalue weighted by molar-refractivity contribution is -0.124. The van der Waals surface area contributed by atoms with E-state index in [1.54, 1.807) is 44.6 Å². The maximum absolute atomic E-state index is 13.2. The Bertz CT molecular complexity index is 1710. The number of carbonyl (C=O) groups is 2. The number of amides is 2. The molecule has 0 aliphatic carbocycles. The van der Waals surface area contributed by atoms with Gasteiger partial charge in [-0.2, -0.15) is 0 Å². The van der Waals surface area contributed by atoms with Crippen LogP contribution in [0.25, 0.3) is 22.1 Å². The van der Waals surface area contributed by atoms with Crippen LogP contribution in [0.5, 0.6) is 17.2 Å². The molecular weight excluding hydrogens is 526 g/mol. The number of carbonyl (C=O) groups excluding carboxylic acids is 2. The molecule has 0 spiro atoms. The van der Waals surface area contributed by atoms with Gasteiger partial charge in [0, 0.05) is 23.1 Å². The topological polar surface area (TPSA) is 119 Å². The number of anilines is 2. The maximum Gasteiger partial charge on any atom is 0.360 e. The van der Waals surface area contributed by atoms with Crippen molar-refractivity contribution in [1.82, 2.24) is 4.90 Å². The summed E-state index contributed by atoms with van der Waals surface area (Å²) in [5.41, 5.74) is 1.51. The number of nitrogens with zero attached hydrogens (tertiary/aromatic N) is 1. The fraction of sp³-hybridized carbons (Fsp3) is 0.258. The number of nitrogens with one attached hydrogen (secondary N) is 2. The molecule has 1 atom stereocenters. The highest BCUT2D eigenvalue weighted by molar-refractivity contribution is 6.08. The van der Waals surface area contributed by atoms with Crippen molar-refractivity contribution in [2.45, 2.75) is 18.9 Å². The quantitative estimate of drug-likeness (QED) is 0.320. The first-order valence-corrected chi connectivity index (χ1v) is 13.4. The molecule has 210 valence electrons. The highest BCUT2D eigenvalue weighted by atomic mass is 16.5. The molecule has 10 heteroatoms. The highest BCUT2D eigenvalue weighted by Crippen LogP contribution is 2.37. The van der Waals surface area contributed by atoms with Crippen LogP contribution in [0.15, 0.2) is 69.9 Å². The van der Waals surface area contributed by atoms with Crippen molar-refractivity contribution in [1.29, 1.82) is 0 Å². The molecule has 0 bridgehead atoms. The van der Waals surface area contributed by atoms with Crippen LogP contribution in [-0.2, 0) is 4.79 Å². The van der Waals surface area contributed by atoms with Gasteiger partial charge in [0.1, 0.15) is 28.6 Å². The first-order valence-electron chi connectivity index (χ1n) is 13.4. The van der Waals surface area contributed by atoms with Crippen molar-refractivity contribution in [3.63, 3.8) is 0 Å². The summed E-state index contributed by atoms with van der Waals surface area (Å²) >= 11 is 0. The van der Waals surface area contributed by atoms with Gasteiger partial charge in [0.15, 0.2) is 11.7 Å². The molecule has 1 unspecified atom stereocenters. The molecule has 1 saturated heterocycles. The van der Waals surface area contributed by atoms with E-state index in [0.29, 0.717) is 46.0 Å². The van der Waals surface area contributed by atoms with E-state index >= 15 is 0 Å². The van der Waals surface area contributed by atoms with Crippen LogP contribution in [0.3, 0.4) is 0 Å². The summed E-state index contributed by atoms with van der Waals surface area (Å²) in [4.78, 5) is 41.2. The molecule has 41 heavy (non-hydrogen) atoms. The smallest absolute Gasteiger partial charge is 0.360 e. The van der Waals surface area contributed by atoms with Gasteiger partial charge in [-0.1, -0.05) is 12.1 Å². The monoisotopic (exact) mass is 555 g/mol. The van der Waals surface area contributed by atoms with Crippen LogP contribution in [0.2, 0.25) is 0 Å². The van der Waals surface area contributed by atoms with Crippen molar-refractivity contribution < 1.29 is 28.2 Å². The molecule has 1 fully saturated rings. The van der Waals surface area contributed by atoms with Gasteiger partial charge in [-0.15, -0.1) is 0 Å². The fourth-order valence-electron chi connectivity index (χ4n) is 5.26. The molecule has 6 rings (SSSR count). The standard InChI is InChI=1S/C31H29N3O7/c1-38-21-7-5-6-18(14-21)22-15-20(9-10-24(22)39-2)29(35)32-23-16-19-8-11-25-27(28(19)41-31(23)37)33-30(36)26(40-25)17-34-12-3-4-13-34/h5-11,14-16,26H,3-4,12-13,17H2,1-2H3,(H,32,35)(H,33,36). The fourth-order valence-corrected chi connectivity index (χ4v) is 5.26. The Morgan fingerprint density at radius 1 is 1.02 bits per heavy atom. The van der Waals surface area contributed by atoms with Gasteiger partial charge >= 0.3 is 5.63 Å². The normalized spacial score (nSPS) is 16.5. The molecule has 0 radical (unpaired) electrons. The van der Waals surface area contributed by atoms with Crippen molar-refractivity contribution in [3.8, 4) is 28.4 Å². The third-order valence-corrected chi connectivity index (χ3v) is 7.39. The minimum Gasteiger partial charge on any atom is -0.497 e. The molecule has 0 saturated carbocycles. The number of ether oxygens (including phenoxy) is 3. The lowest BCUT2D eigenvalue weighted by atomic mass is 10.0. The summed E-state index contributed by atoms with van der Waals surface area (Å²) in [7, 11) is 3.14. The predicted molar refractivity (Wildman–Crippen MR) is 154 cm³/mol. The number of fused-ring (bicyclic) bond motifs is 3. The third-order valence-electron chi connectivity index (χ3n) is 7.39. The SMILES string of the molecule is COc1cccc(-c2cc(C(=O)Nc3cc4ccc5c(c4oc3=O)NC(=O)C(CN3CCCC3)O5)ccc2OC)c1. The Morgan fingerprint density at radius 2 is 1.85 bits per heavy atom. The van der Waals surface area contributed by atoms with Crippen LogP contribution in [-0.4, -0.2) is 56.7 Å². The zero-order valence-corrected chi connectivity index (χ0v) is 22.7. The zero-order valence-electron chi connectivity index (χ0n) is 22.7. The van der Waals surface area contributed by atoms with Gasteiger partial charge in [0.05, 0.1) is 14.2 Å². The predicted octanol–water partition coefficient (Wildman–Crippen LogP) is 4.52. The molecule has 10 nitrogen and oxygen atoms in total. The van der Waals surface area contributed by atoms with E-state index in [9.17, 15) is 14.4 Å². The number of benzene rings is 3. The van der Waals surface area contributed by atoms with Gasteiger partial charge in [-0.3, -0.25) is 14.5 Å². The lowest BCUT2D eigenvalue weighted by Gasteiger charge is -2.29. The number of hydrogen-bond donors (Lipinski definition) is 2. The number of likely N-dealkylation sites (tertiary alicyclic amines) is 1. The Hall–Kier alpha value is -4.83. The van der Waals surface area contributed by atoms with E-state index < -0.39 is 17.6 Å². The number of methoxy groups -OCH3 is 2. The van der Waals surface area contributed by atoms with E-state index in [1.165, 1.54) is 6.07 Å². The van der Waals surface area contributed by atoms with Gasteiger partial charge < -0.3 is 29.3 Å². The summed E-state index contributed by atoms with van der Waals surface area (Å²) in [6.07, 6.45) is 1.58. The largest absolute Gasteiger partial charge is 0.497 e. The highest BCUT2D eigenvalue weighted by Gasteiger charge is 2.32. The molecule has 2 amide bonds. The van der Waals surface area contributed by atoms with E-state index in [2.05, 4.69) is 15.5 Å². The third kappa shape index (κ3) is 5.21. The maximum atomic E-state index is 13.2. The molecule has 2 aliphatic rings. The van der Waals surface area contributed by atoms with Crippen LogP contribution >= 0.6 is 0 Å². The number of rotatable bonds is 7. The Balaban J connectivity index is 1.26. The molecule has 2 N–H and O–H groups in total. The van der Waals surface area contributed by atoms with Crippen molar-refractivity contribution in [2.75, 3.05) is 44.5 Å². The number of hydrogen-bond acceptors (Lipinski definition) is 8. The summed E-state index contributed by atoms with van der Waals surface area (Å²) in [5.74, 6) is 0.895. The summed E-state index contributed by atoms with van der Waals surface area (Å²) in [6.45, 7) is 2.39. The molecule has 4 aromatic rings. The summed E-state index contributed by atoms with van der Waals surface area (Å²) in [6, 6.07) is 17.4. The van der Waals surface area contributed by atoms with E-state index in [4.69, 9.17) is 18.6 Å². The van der Waals surface area contributed by atoms with Crippen LogP contribution < -0.4 is 30.5 Å². The Morgan fingerprint density at radius 3 is 2.63 bits per heavy atom. The summed E-state index contributed by atoms with van der Waals surface area (Å²) < 4.78 is 22.4. The van der Waals surface area contributed by atoms with Gasteiger partial charge in [-0.05, 0) is 80.0 Å². The van der Waals surface area contributed by atoms with Gasteiger partial charge in [0.2, 0.25) is 0 Å². The second kappa shape index (κ2) is 11.0. The average Bonchev–Trinajstić information content (AvgIpc) is 3.51. The van der Waals surface area contributed by atoms with E-state index in [-0.39, 0.29) is 17.2 Å². The van der Waals surface area contributed by atoms with E-state index in [1.807, 2.05) is 24.3 Å². The van der Waals surface area contributed by atoms with Crippen molar-refractivity contribution >= 4 is 34.2 Å². The Kier molecular flexibility index (Phi) is 7.07. The van der Waals surface area contributed by atoms with Crippen molar-refractivity contribution in [2.24, 2.45) is 0 Å². The molecule has 2 aliphatic heterocycles. The second-order valence-electron chi connectivity index (χ2n) is 10.0. The minimum atomic E-state index is -0.755. The van der Waals surface area contributed by atoms with Gasteiger partial charge in [0.25, 0.3) is 11.8 Å². The molecular formula is C31H29N3O7. The van der Waals surface area contributed by atoms with Gasteiger partial charge in [-0.25, -0.2) is 4.79 Å². The first-order chi connectivity index (χ1) is 19.9. The van der Waals surface area contributed by atoms with Crippen molar-refractivity contribution in [3.05, 3.63) is 76.6 Å². The zero-order chi connectivity index (χ0) is 28.5. The first kappa shape index (κ1) is 26.4. The van der Waals surface area contributed by atoms with Crippen LogP contribution in [0, 0.1) is 0 Å².